The lowest BCUT2D eigenvalue weighted by molar-refractivity contribution is -0.140. The molecule has 0 spiro atoms. The summed E-state index contributed by atoms with van der Waals surface area (Å²) in [6.07, 6.45) is -4.38. The summed E-state index contributed by atoms with van der Waals surface area (Å²) in [6.45, 7) is 2.75. The van der Waals surface area contributed by atoms with Gasteiger partial charge in [0, 0.05) is 0 Å². The Labute approximate surface area is 172 Å². The highest BCUT2D eigenvalue weighted by molar-refractivity contribution is 7.85. The summed E-state index contributed by atoms with van der Waals surface area (Å²) in [5, 5.41) is 0. The molecule has 1 N–H and O–H groups in total. The smallest absolute Gasteiger partial charge is 0.419 e. The van der Waals surface area contributed by atoms with Crippen LogP contribution in [0.2, 0.25) is 0 Å². The number of benzene rings is 2. The Bertz CT molecular complexity index is 989. The first-order valence-corrected chi connectivity index (χ1v) is 10.5. The predicted molar refractivity (Wildman–Crippen MR) is 103 cm³/mol. The van der Waals surface area contributed by atoms with Crippen molar-refractivity contribution in [2.75, 3.05) is 12.4 Å². The van der Waals surface area contributed by atoms with Gasteiger partial charge in [0.25, 0.3) is 10.1 Å². The number of carbonyl (C=O) groups is 1. The maximum Gasteiger partial charge on any atom is 0.419 e. The summed E-state index contributed by atoms with van der Waals surface area (Å²) in [7, 11) is -4.34. The van der Waals surface area contributed by atoms with Gasteiger partial charge in [-0.2, -0.15) is 21.6 Å². The third-order valence-corrected chi connectivity index (χ3v) is 5.17. The lowest BCUT2D eigenvalue weighted by atomic mass is 9.92. The number of ether oxygens (including phenoxy) is 2. The van der Waals surface area contributed by atoms with Gasteiger partial charge >= 0.3 is 12.1 Å². The van der Waals surface area contributed by atoms with Crippen LogP contribution in [0.3, 0.4) is 0 Å². The first-order valence-electron chi connectivity index (χ1n) is 8.94. The lowest BCUT2D eigenvalue weighted by Crippen LogP contribution is -2.29. The highest BCUT2D eigenvalue weighted by Crippen LogP contribution is 2.40. The van der Waals surface area contributed by atoms with Crippen LogP contribution in [0.5, 0.6) is 5.75 Å². The Morgan fingerprint density at radius 2 is 1.73 bits per heavy atom. The lowest BCUT2D eigenvalue weighted by Gasteiger charge is -2.31. The monoisotopic (exact) mass is 446 g/mol. The zero-order valence-electron chi connectivity index (χ0n) is 16.3. The van der Waals surface area contributed by atoms with Gasteiger partial charge in [0.2, 0.25) is 0 Å². The fourth-order valence-corrected chi connectivity index (χ4v) is 2.95. The average molecular weight is 446 g/mol. The minimum absolute atomic E-state index is 0.250. The van der Waals surface area contributed by atoms with E-state index in [0.29, 0.717) is 18.1 Å². The van der Waals surface area contributed by atoms with Gasteiger partial charge in [-0.05, 0) is 37.1 Å². The number of alkyl halides is 3. The second kappa shape index (κ2) is 9.05. The van der Waals surface area contributed by atoms with Crippen LogP contribution in [-0.4, -0.2) is 31.3 Å². The molecular weight excluding hydrogens is 425 g/mol. The van der Waals surface area contributed by atoms with E-state index in [1.807, 2.05) is 0 Å². The molecule has 0 saturated heterocycles. The Balaban J connectivity index is 2.38. The second-order valence-electron chi connectivity index (χ2n) is 6.68. The van der Waals surface area contributed by atoms with E-state index >= 15 is 0 Å². The molecule has 0 aliphatic heterocycles. The van der Waals surface area contributed by atoms with E-state index in [1.54, 1.807) is 44.2 Å². The first-order chi connectivity index (χ1) is 13.9. The molecule has 0 radical (unpaired) electrons. The van der Waals surface area contributed by atoms with Crippen LogP contribution >= 0.6 is 0 Å². The summed E-state index contributed by atoms with van der Waals surface area (Å²) < 4.78 is 81.1. The molecule has 30 heavy (non-hydrogen) atoms. The summed E-state index contributed by atoms with van der Waals surface area (Å²) in [5.41, 5.74) is -1.76. The van der Waals surface area contributed by atoms with Crippen molar-refractivity contribution in [3.63, 3.8) is 0 Å². The fraction of sp³-hybridized carbons (Fsp3) is 0.350. The van der Waals surface area contributed by atoms with E-state index in [2.05, 4.69) is 0 Å². The van der Waals surface area contributed by atoms with Gasteiger partial charge in [-0.1, -0.05) is 37.3 Å². The van der Waals surface area contributed by atoms with E-state index in [1.165, 1.54) is 0 Å². The van der Waals surface area contributed by atoms with Crippen molar-refractivity contribution in [3.05, 3.63) is 65.2 Å². The molecule has 10 heteroatoms. The average Bonchev–Trinajstić information content (AvgIpc) is 2.66. The molecule has 0 bridgehead atoms. The van der Waals surface area contributed by atoms with E-state index < -0.39 is 51.5 Å². The molecule has 2 aromatic carbocycles. The highest BCUT2D eigenvalue weighted by Gasteiger charge is 2.37. The van der Waals surface area contributed by atoms with Gasteiger partial charge in [0.15, 0.2) is 0 Å². The molecule has 1 atom stereocenters. The molecule has 2 aromatic rings. The second-order valence-corrected chi connectivity index (χ2v) is 8.26. The number of halogens is 3. The van der Waals surface area contributed by atoms with Crippen molar-refractivity contribution >= 4 is 16.1 Å². The van der Waals surface area contributed by atoms with Crippen molar-refractivity contribution in [3.8, 4) is 5.75 Å². The van der Waals surface area contributed by atoms with Crippen molar-refractivity contribution < 1.29 is 40.4 Å². The summed E-state index contributed by atoms with van der Waals surface area (Å²) in [6, 6.07) is 11.2. The van der Waals surface area contributed by atoms with E-state index in [0.717, 1.165) is 12.1 Å². The molecule has 1 unspecified atom stereocenters. The third-order valence-electron chi connectivity index (χ3n) is 4.49. The fourth-order valence-electron chi connectivity index (χ4n) is 2.66. The standard InChI is InChI=1S/C20H21F3O6S/c1-3-19(2,15-7-5-4-6-8-15)29-17-13-14(9-10-16(17)20(21,22)23)18(24)28-11-12-30(25,26)27/h4-10,13H,3,11-12H2,1-2H3,(H,25,26,27). The largest absolute Gasteiger partial charge is 0.482 e. The zero-order valence-corrected chi connectivity index (χ0v) is 17.1. The molecule has 6 nitrogen and oxygen atoms in total. The predicted octanol–water partition coefficient (Wildman–Crippen LogP) is 4.45. The van der Waals surface area contributed by atoms with Crippen molar-refractivity contribution in [1.29, 1.82) is 0 Å². The van der Waals surface area contributed by atoms with Gasteiger partial charge in [0.1, 0.15) is 23.7 Å². The van der Waals surface area contributed by atoms with Crippen LogP contribution in [0.1, 0.15) is 41.8 Å². The molecule has 164 valence electrons. The van der Waals surface area contributed by atoms with E-state index in [4.69, 9.17) is 14.0 Å². The normalized spacial score (nSPS) is 14.1. The highest BCUT2D eigenvalue weighted by atomic mass is 32.2. The minimum atomic E-state index is -4.73. The number of hydrogen-bond donors (Lipinski definition) is 1. The molecular formula is C20H21F3O6S. The van der Waals surface area contributed by atoms with Crippen LogP contribution < -0.4 is 4.74 Å². The van der Waals surface area contributed by atoms with Crippen LogP contribution in [0.15, 0.2) is 48.5 Å². The quantitative estimate of drug-likeness (QED) is 0.476. The van der Waals surface area contributed by atoms with Crippen molar-refractivity contribution in [2.45, 2.75) is 32.0 Å². The van der Waals surface area contributed by atoms with Crippen LogP contribution in [0.4, 0.5) is 13.2 Å². The summed E-state index contributed by atoms with van der Waals surface area (Å²) >= 11 is 0. The molecule has 0 saturated carbocycles. The maximum atomic E-state index is 13.5. The number of hydrogen-bond acceptors (Lipinski definition) is 5. The molecule has 2 rings (SSSR count). The summed E-state index contributed by atoms with van der Waals surface area (Å²) in [4.78, 5) is 12.1. The van der Waals surface area contributed by atoms with Crippen LogP contribution in [0.25, 0.3) is 0 Å². The van der Waals surface area contributed by atoms with Gasteiger partial charge in [0.05, 0.1) is 11.1 Å². The molecule has 0 aromatic heterocycles. The van der Waals surface area contributed by atoms with Crippen molar-refractivity contribution in [2.24, 2.45) is 0 Å². The van der Waals surface area contributed by atoms with Gasteiger partial charge in [-0.3, -0.25) is 4.55 Å². The Kier molecular flexibility index (Phi) is 7.14. The van der Waals surface area contributed by atoms with E-state index in [-0.39, 0.29) is 5.56 Å². The van der Waals surface area contributed by atoms with E-state index in [9.17, 15) is 26.4 Å². The Hall–Kier alpha value is -2.59. The summed E-state index contributed by atoms with van der Waals surface area (Å²) in [5.74, 6) is -2.43. The van der Waals surface area contributed by atoms with Gasteiger partial charge in [-0.15, -0.1) is 0 Å². The van der Waals surface area contributed by atoms with Gasteiger partial charge < -0.3 is 9.47 Å². The third kappa shape index (κ3) is 6.20. The first kappa shape index (κ1) is 23.7. The zero-order chi connectivity index (χ0) is 22.6. The Morgan fingerprint density at radius 1 is 1.10 bits per heavy atom. The molecule has 0 fully saturated rings. The van der Waals surface area contributed by atoms with Gasteiger partial charge in [-0.25, -0.2) is 4.79 Å². The van der Waals surface area contributed by atoms with Crippen molar-refractivity contribution in [1.82, 2.24) is 0 Å². The molecule has 0 amide bonds. The van der Waals surface area contributed by atoms with Crippen LogP contribution in [-0.2, 0) is 26.6 Å². The SMILES string of the molecule is CCC(C)(Oc1cc(C(=O)OCCS(=O)(=O)O)ccc1C(F)(F)F)c1ccccc1. The molecule has 0 aliphatic rings. The molecule has 0 aliphatic carbocycles. The minimum Gasteiger partial charge on any atom is -0.482 e. The van der Waals surface area contributed by atoms with Crippen LogP contribution in [0, 0.1) is 0 Å². The maximum absolute atomic E-state index is 13.5. The number of rotatable bonds is 8. The topological polar surface area (TPSA) is 89.9 Å². The number of carbonyl (C=O) groups excluding carboxylic acids is 1. The Morgan fingerprint density at radius 3 is 2.27 bits per heavy atom. The number of esters is 1. The molecule has 0 heterocycles.